The third-order valence-electron chi connectivity index (χ3n) is 4.38. The van der Waals surface area contributed by atoms with Crippen molar-refractivity contribution in [1.82, 2.24) is 10.2 Å². The molecule has 0 saturated carbocycles. The Morgan fingerprint density at radius 2 is 2.16 bits per heavy atom. The van der Waals surface area contributed by atoms with Gasteiger partial charge >= 0.3 is 0 Å². The number of carbonyl (C=O) groups is 1. The number of nitrogens with one attached hydrogen (secondary N) is 1. The largest absolute Gasteiger partial charge is 0.335 e. The van der Waals surface area contributed by atoms with Crippen molar-refractivity contribution in [2.45, 2.75) is 13.0 Å². The average Bonchev–Trinajstić information content (AvgIpc) is 2.96. The molecule has 2 saturated heterocycles. The van der Waals surface area contributed by atoms with Crippen molar-refractivity contribution >= 4 is 5.91 Å². The number of hydrogen-bond acceptors (Lipinski definition) is 2. The smallest absolute Gasteiger partial charge is 0.257 e. The normalized spacial score (nSPS) is 29.6. The van der Waals surface area contributed by atoms with Crippen molar-refractivity contribution in [1.29, 1.82) is 0 Å². The Hall–Kier alpha value is -1.49. The molecule has 0 spiro atoms. The summed E-state index contributed by atoms with van der Waals surface area (Å²) in [5.41, 5.74) is -0.167. The van der Waals surface area contributed by atoms with Crippen LogP contribution in [0.3, 0.4) is 0 Å². The van der Waals surface area contributed by atoms with Crippen LogP contribution in [0, 0.1) is 23.5 Å². The van der Waals surface area contributed by atoms with Crippen LogP contribution >= 0.6 is 0 Å². The molecule has 1 N–H and O–H groups in total. The number of hydrogen-bond donors (Lipinski definition) is 1. The van der Waals surface area contributed by atoms with Gasteiger partial charge in [-0.25, -0.2) is 8.78 Å². The molecular weight excluding hydrogens is 250 g/mol. The Labute approximate surface area is 110 Å². The van der Waals surface area contributed by atoms with Gasteiger partial charge in [-0.3, -0.25) is 4.79 Å². The lowest BCUT2D eigenvalue weighted by atomic mass is 9.95. The lowest BCUT2D eigenvalue weighted by molar-refractivity contribution is 0.0722. The fourth-order valence-electron chi connectivity index (χ4n) is 3.26. The number of fused-ring (bicyclic) bond motifs is 1. The summed E-state index contributed by atoms with van der Waals surface area (Å²) in [5, 5.41) is 3.30. The zero-order chi connectivity index (χ0) is 13.6. The highest BCUT2D eigenvalue weighted by Crippen LogP contribution is 2.33. The van der Waals surface area contributed by atoms with E-state index in [-0.39, 0.29) is 11.6 Å². The fourth-order valence-corrected chi connectivity index (χ4v) is 3.26. The Balaban J connectivity index is 1.87. The van der Waals surface area contributed by atoms with Crippen LogP contribution in [0.4, 0.5) is 8.78 Å². The Bertz CT molecular complexity index is 520. The van der Waals surface area contributed by atoms with Gasteiger partial charge in [0.05, 0.1) is 5.56 Å². The van der Waals surface area contributed by atoms with Gasteiger partial charge in [-0.15, -0.1) is 0 Å². The van der Waals surface area contributed by atoms with E-state index in [1.54, 1.807) is 4.90 Å². The van der Waals surface area contributed by atoms with E-state index in [1.165, 1.54) is 12.1 Å². The number of rotatable bonds is 1. The number of likely N-dealkylation sites (tertiary alicyclic amines) is 1. The van der Waals surface area contributed by atoms with Crippen molar-refractivity contribution in [3.63, 3.8) is 0 Å². The molecule has 2 aliphatic rings. The van der Waals surface area contributed by atoms with E-state index in [0.29, 0.717) is 18.4 Å². The van der Waals surface area contributed by atoms with Crippen LogP contribution in [-0.2, 0) is 0 Å². The Morgan fingerprint density at radius 3 is 2.89 bits per heavy atom. The molecule has 0 radical (unpaired) electrons. The van der Waals surface area contributed by atoms with Crippen molar-refractivity contribution in [3.05, 3.63) is 35.4 Å². The molecule has 2 heterocycles. The lowest BCUT2D eigenvalue weighted by Gasteiger charge is -2.24. The summed E-state index contributed by atoms with van der Waals surface area (Å²) in [6.07, 6.45) is 0. The summed E-state index contributed by atoms with van der Waals surface area (Å²) >= 11 is 0. The molecule has 19 heavy (non-hydrogen) atoms. The summed E-state index contributed by atoms with van der Waals surface area (Å²) in [4.78, 5) is 14.0. The van der Waals surface area contributed by atoms with Crippen LogP contribution in [0.1, 0.15) is 17.3 Å². The van der Waals surface area contributed by atoms with Crippen molar-refractivity contribution < 1.29 is 13.6 Å². The highest BCUT2D eigenvalue weighted by Gasteiger charge is 2.44. The van der Waals surface area contributed by atoms with Crippen LogP contribution in [0.2, 0.25) is 0 Å². The molecule has 1 aromatic carbocycles. The second-order valence-electron chi connectivity index (χ2n) is 5.38. The summed E-state index contributed by atoms with van der Waals surface area (Å²) in [5.74, 6) is -1.58. The van der Waals surface area contributed by atoms with Crippen LogP contribution < -0.4 is 5.32 Å². The summed E-state index contributed by atoms with van der Waals surface area (Å²) in [6, 6.07) is 3.81. The molecule has 0 aromatic heterocycles. The van der Waals surface area contributed by atoms with Gasteiger partial charge in [0.1, 0.15) is 0 Å². The molecule has 0 bridgehead atoms. The van der Waals surface area contributed by atoms with Gasteiger partial charge in [-0.1, -0.05) is 6.07 Å². The first kappa shape index (κ1) is 12.5. The van der Waals surface area contributed by atoms with Crippen LogP contribution in [0.25, 0.3) is 0 Å². The van der Waals surface area contributed by atoms with Gasteiger partial charge in [0, 0.05) is 25.7 Å². The Kier molecular flexibility index (Phi) is 3.01. The Morgan fingerprint density at radius 1 is 1.37 bits per heavy atom. The van der Waals surface area contributed by atoms with Crippen LogP contribution in [0.5, 0.6) is 0 Å². The minimum atomic E-state index is -1.05. The molecular formula is C14H16F2N2O. The molecule has 2 fully saturated rings. The number of nitrogens with zero attached hydrogens (tertiary/aromatic N) is 1. The van der Waals surface area contributed by atoms with E-state index in [9.17, 15) is 13.6 Å². The maximum atomic E-state index is 13.7. The van der Waals surface area contributed by atoms with E-state index in [1.807, 2.05) is 6.92 Å². The molecule has 3 rings (SSSR count). The first-order chi connectivity index (χ1) is 9.09. The number of carbonyl (C=O) groups excluding carboxylic acids is 1. The van der Waals surface area contributed by atoms with E-state index in [2.05, 4.69) is 5.32 Å². The molecule has 3 atom stereocenters. The third kappa shape index (κ3) is 1.92. The van der Waals surface area contributed by atoms with Crippen molar-refractivity contribution in [2.24, 2.45) is 11.8 Å². The van der Waals surface area contributed by atoms with Gasteiger partial charge in [-0.05, 0) is 30.9 Å². The van der Waals surface area contributed by atoms with Crippen LogP contribution in [0.15, 0.2) is 18.2 Å². The van der Waals surface area contributed by atoms with E-state index in [0.717, 1.165) is 19.2 Å². The topological polar surface area (TPSA) is 32.3 Å². The zero-order valence-corrected chi connectivity index (χ0v) is 10.7. The number of benzene rings is 1. The van der Waals surface area contributed by atoms with Gasteiger partial charge in [0.2, 0.25) is 0 Å². The van der Waals surface area contributed by atoms with E-state index < -0.39 is 17.5 Å². The first-order valence-corrected chi connectivity index (χ1v) is 6.55. The predicted molar refractivity (Wildman–Crippen MR) is 66.7 cm³/mol. The highest BCUT2D eigenvalue weighted by atomic mass is 19.2. The van der Waals surface area contributed by atoms with Gasteiger partial charge in [0.25, 0.3) is 5.91 Å². The van der Waals surface area contributed by atoms with E-state index >= 15 is 0 Å². The second kappa shape index (κ2) is 4.56. The number of halogens is 2. The predicted octanol–water partition coefficient (Wildman–Crippen LogP) is 1.64. The van der Waals surface area contributed by atoms with Crippen molar-refractivity contribution in [3.8, 4) is 0 Å². The van der Waals surface area contributed by atoms with Gasteiger partial charge < -0.3 is 10.2 Å². The summed E-state index contributed by atoms with van der Waals surface area (Å²) in [7, 11) is 0. The zero-order valence-electron chi connectivity index (χ0n) is 10.7. The van der Waals surface area contributed by atoms with Gasteiger partial charge in [-0.2, -0.15) is 0 Å². The third-order valence-corrected chi connectivity index (χ3v) is 4.38. The van der Waals surface area contributed by atoms with E-state index in [4.69, 9.17) is 0 Å². The fraction of sp³-hybridized carbons (Fsp3) is 0.500. The minimum Gasteiger partial charge on any atom is -0.335 e. The molecule has 102 valence electrons. The maximum Gasteiger partial charge on any atom is 0.257 e. The molecule has 2 aliphatic heterocycles. The minimum absolute atomic E-state index is 0.0650. The lowest BCUT2D eigenvalue weighted by Crippen LogP contribution is -2.38. The van der Waals surface area contributed by atoms with Gasteiger partial charge in [0.15, 0.2) is 11.6 Å². The SMILES string of the molecule is CC1C2CNCC2CN1C(=O)c1cccc(F)c1F. The molecule has 3 nitrogen and oxygen atoms in total. The molecule has 3 unspecified atom stereocenters. The standard InChI is InChI=1S/C14H16F2N2O/c1-8-11-6-17-5-9(11)7-18(8)14(19)10-3-2-4-12(15)13(10)16/h2-4,8-9,11,17H,5-7H2,1H3. The molecule has 5 heteroatoms. The first-order valence-electron chi connectivity index (χ1n) is 6.55. The summed E-state index contributed by atoms with van der Waals surface area (Å²) < 4.78 is 26.9. The second-order valence-corrected chi connectivity index (χ2v) is 5.38. The highest BCUT2D eigenvalue weighted by molar-refractivity contribution is 5.95. The quantitative estimate of drug-likeness (QED) is 0.838. The average molecular weight is 266 g/mol. The van der Waals surface area contributed by atoms with Crippen molar-refractivity contribution in [2.75, 3.05) is 19.6 Å². The summed E-state index contributed by atoms with van der Waals surface area (Å²) in [6.45, 7) is 4.38. The molecule has 1 amide bonds. The maximum absolute atomic E-state index is 13.7. The van der Waals surface area contributed by atoms with Crippen LogP contribution in [-0.4, -0.2) is 36.5 Å². The number of amides is 1. The monoisotopic (exact) mass is 266 g/mol. The molecule has 1 aromatic rings. The molecule has 0 aliphatic carbocycles.